The van der Waals surface area contributed by atoms with Crippen molar-refractivity contribution >= 4 is 38.7 Å². The Morgan fingerprint density at radius 2 is 1.85 bits per heavy atom. The minimum absolute atomic E-state index is 0.109. The second-order valence-corrected chi connectivity index (χ2v) is 8.67. The summed E-state index contributed by atoms with van der Waals surface area (Å²) in [5.74, 6) is 0. The highest BCUT2D eigenvalue weighted by Gasteiger charge is 2.13. The molecule has 0 aromatic heterocycles. The summed E-state index contributed by atoms with van der Waals surface area (Å²) in [7, 11) is -1.78. The molecule has 0 saturated heterocycles. The van der Waals surface area contributed by atoms with Gasteiger partial charge in [0.1, 0.15) is 0 Å². The SMILES string of the molecule is CC[C@H](NC(=S)Nc1cccc(N(C)S(C)(=O)=O)c1)c1ccc(C)cc1. The fourth-order valence-electron chi connectivity index (χ4n) is 2.52. The van der Waals surface area contributed by atoms with Crippen LogP contribution in [0.15, 0.2) is 48.5 Å². The molecule has 2 aromatic rings. The van der Waals surface area contributed by atoms with Crippen molar-refractivity contribution in [1.29, 1.82) is 0 Å². The molecule has 2 aromatic carbocycles. The summed E-state index contributed by atoms with van der Waals surface area (Å²) in [4.78, 5) is 0. The predicted molar refractivity (Wildman–Crippen MR) is 113 cm³/mol. The van der Waals surface area contributed by atoms with Crippen molar-refractivity contribution in [1.82, 2.24) is 5.32 Å². The highest BCUT2D eigenvalue weighted by Crippen LogP contribution is 2.21. The van der Waals surface area contributed by atoms with Crippen LogP contribution in [0.25, 0.3) is 0 Å². The lowest BCUT2D eigenvalue weighted by Gasteiger charge is -2.21. The summed E-state index contributed by atoms with van der Waals surface area (Å²) in [6.07, 6.45) is 2.06. The van der Waals surface area contributed by atoms with Crippen molar-refractivity contribution in [2.75, 3.05) is 22.9 Å². The van der Waals surface area contributed by atoms with Crippen molar-refractivity contribution in [3.63, 3.8) is 0 Å². The molecule has 0 amide bonds. The van der Waals surface area contributed by atoms with Crippen LogP contribution in [-0.4, -0.2) is 26.8 Å². The number of nitrogens with one attached hydrogen (secondary N) is 2. The predicted octanol–water partition coefficient (Wildman–Crippen LogP) is 3.83. The van der Waals surface area contributed by atoms with Crippen LogP contribution in [0, 0.1) is 6.92 Å². The molecule has 0 radical (unpaired) electrons. The van der Waals surface area contributed by atoms with E-state index in [1.54, 1.807) is 18.2 Å². The molecule has 26 heavy (non-hydrogen) atoms. The molecular formula is C19H25N3O2S2. The first-order valence-corrected chi connectivity index (χ1v) is 10.6. The molecular weight excluding hydrogens is 366 g/mol. The number of hydrogen-bond donors (Lipinski definition) is 2. The van der Waals surface area contributed by atoms with Gasteiger partial charge in [-0.1, -0.05) is 42.8 Å². The van der Waals surface area contributed by atoms with Gasteiger partial charge in [-0.3, -0.25) is 4.31 Å². The molecule has 7 heteroatoms. The van der Waals surface area contributed by atoms with Crippen LogP contribution < -0.4 is 14.9 Å². The highest BCUT2D eigenvalue weighted by molar-refractivity contribution is 7.92. The van der Waals surface area contributed by atoms with Gasteiger partial charge in [0.25, 0.3) is 0 Å². The molecule has 0 saturated carbocycles. The number of anilines is 2. The molecule has 0 aliphatic rings. The molecule has 2 rings (SSSR count). The maximum absolute atomic E-state index is 11.7. The fraction of sp³-hybridized carbons (Fsp3) is 0.316. The molecule has 0 bridgehead atoms. The van der Waals surface area contributed by atoms with E-state index in [-0.39, 0.29) is 6.04 Å². The number of nitrogens with zero attached hydrogens (tertiary/aromatic N) is 1. The lowest BCUT2D eigenvalue weighted by Crippen LogP contribution is -2.32. The average molecular weight is 392 g/mol. The Labute approximate surface area is 161 Å². The molecule has 1 atom stereocenters. The lowest BCUT2D eigenvalue weighted by atomic mass is 10.0. The van der Waals surface area contributed by atoms with Gasteiger partial charge in [0.15, 0.2) is 5.11 Å². The van der Waals surface area contributed by atoms with E-state index >= 15 is 0 Å². The Morgan fingerprint density at radius 1 is 1.19 bits per heavy atom. The van der Waals surface area contributed by atoms with Gasteiger partial charge in [0.2, 0.25) is 10.0 Å². The van der Waals surface area contributed by atoms with Crippen molar-refractivity contribution in [3.05, 3.63) is 59.7 Å². The Kier molecular flexibility index (Phi) is 6.61. The Morgan fingerprint density at radius 3 is 2.42 bits per heavy atom. The van der Waals surface area contributed by atoms with E-state index < -0.39 is 10.0 Å². The van der Waals surface area contributed by atoms with E-state index in [1.807, 2.05) is 6.07 Å². The summed E-state index contributed by atoms with van der Waals surface area (Å²) in [5.41, 5.74) is 3.70. The maximum Gasteiger partial charge on any atom is 0.231 e. The van der Waals surface area contributed by atoms with Crippen molar-refractivity contribution < 1.29 is 8.42 Å². The molecule has 2 N–H and O–H groups in total. The number of hydrogen-bond acceptors (Lipinski definition) is 3. The summed E-state index contributed by atoms with van der Waals surface area (Å²) < 4.78 is 24.6. The summed E-state index contributed by atoms with van der Waals surface area (Å²) >= 11 is 5.43. The van der Waals surface area contributed by atoms with E-state index in [0.717, 1.165) is 12.1 Å². The van der Waals surface area contributed by atoms with Crippen molar-refractivity contribution in [2.24, 2.45) is 0 Å². The number of aryl methyl sites for hydroxylation is 1. The number of thiocarbonyl (C=S) groups is 1. The van der Waals surface area contributed by atoms with Gasteiger partial charge in [-0.25, -0.2) is 8.42 Å². The number of rotatable bonds is 6. The third-order valence-electron chi connectivity index (χ3n) is 4.16. The summed E-state index contributed by atoms with van der Waals surface area (Å²) in [5, 5.41) is 6.95. The minimum Gasteiger partial charge on any atom is -0.356 e. The van der Waals surface area contributed by atoms with Crippen LogP contribution in [0.5, 0.6) is 0 Å². The zero-order valence-corrected chi connectivity index (χ0v) is 17.1. The maximum atomic E-state index is 11.7. The molecule has 5 nitrogen and oxygen atoms in total. The van der Waals surface area contributed by atoms with Gasteiger partial charge in [0, 0.05) is 12.7 Å². The topological polar surface area (TPSA) is 61.4 Å². The molecule has 140 valence electrons. The van der Waals surface area contributed by atoms with E-state index in [9.17, 15) is 8.42 Å². The molecule has 0 aliphatic heterocycles. The van der Waals surface area contributed by atoms with Crippen molar-refractivity contribution in [3.8, 4) is 0 Å². The Balaban J connectivity index is 2.08. The normalized spacial score (nSPS) is 12.3. The third kappa shape index (κ3) is 5.44. The molecule has 0 spiro atoms. The first kappa shape index (κ1) is 20.2. The standard InChI is InChI=1S/C19H25N3O2S2/c1-5-18(15-11-9-14(2)10-12-15)21-19(25)20-16-7-6-8-17(13-16)22(3)26(4,23)24/h6-13,18H,5H2,1-4H3,(H2,20,21,25)/t18-/m0/s1. The Bertz CT molecular complexity index is 865. The van der Waals surface area contributed by atoms with Gasteiger partial charge in [-0.2, -0.15) is 0 Å². The van der Waals surface area contributed by atoms with Gasteiger partial charge in [-0.05, 0) is 49.3 Å². The van der Waals surface area contributed by atoms with Crippen LogP contribution in [0.2, 0.25) is 0 Å². The second-order valence-electron chi connectivity index (χ2n) is 6.25. The first-order valence-electron chi connectivity index (χ1n) is 8.38. The van der Waals surface area contributed by atoms with Crippen LogP contribution in [0.3, 0.4) is 0 Å². The first-order chi connectivity index (χ1) is 12.2. The summed E-state index contributed by atoms with van der Waals surface area (Å²) in [6.45, 7) is 4.16. The third-order valence-corrected chi connectivity index (χ3v) is 5.58. The van der Waals surface area contributed by atoms with Gasteiger partial charge in [-0.15, -0.1) is 0 Å². The largest absolute Gasteiger partial charge is 0.356 e. The summed E-state index contributed by atoms with van der Waals surface area (Å²) in [6, 6.07) is 15.6. The number of benzene rings is 2. The van der Waals surface area contributed by atoms with Crippen molar-refractivity contribution in [2.45, 2.75) is 26.3 Å². The van der Waals surface area contributed by atoms with E-state index in [2.05, 4.69) is 48.7 Å². The van der Waals surface area contributed by atoms with Gasteiger partial charge >= 0.3 is 0 Å². The smallest absolute Gasteiger partial charge is 0.231 e. The average Bonchev–Trinajstić information content (AvgIpc) is 2.59. The fourth-order valence-corrected chi connectivity index (χ4v) is 3.27. The van der Waals surface area contributed by atoms with Gasteiger partial charge in [0.05, 0.1) is 18.0 Å². The van der Waals surface area contributed by atoms with Crippen LogP contribution in [0.1, 0.15) is 30.5 Å². The van der Waals surface area contributed by atoms with Crippen LogP contribution in [0.4, 0.5) is 11.4 Å². The highest BCUT2D eigenvalue weighted by atomic mass is 32.2. The zero-order valence-electron chi connectivity index (χ0n) is 15.5. The van der Waals surface area contributed by atoms with E-state index in [1.165, 1.54) is 28.7 Å². The molecule has 0 unspecified atom stereocenters. The molecule has 0 heterocycles. The quantitative estimate of drug-likeness (QED) is 0.733. The van der Waals surface area contributed by atoms with Crippen LogP contribution in [-0.2, 0) is 10.0 Å². The van der Waals surface area contributed by atoms with Gasteiger partial charge < -0.3 is 10.6 Å². The second kappa shape index (κ2) is 8.51. The minimum atomic E-state index is -3.31. The molecule has 0 aliphatic carbocycles. The monoisotopic (exact) mass is 391 g/mol. The lowest BCUT2D eigenvalue weighted by molar-refractivity contribution is 0.600. The Hall–Kier alpha value is -2.12. The zero-order chi connectivity index (χ0) is 19.3. The van der Waals surface area contributed by atoms with Crippen LogP contribution >= 0.6 is 12.2 Å². The van der Waals surface area contributed by atoms with E-state index in [0.29, 0.717) is 10.8 Å². The molecule has 0 fully saturated rings. The number of sulfonamides is 1. The van der Waals surface area contributed by atoms with E-state index in [4.69, 9.17) is 12.2 Å².